The van der Waals surface area contributed by atoms with Crippen LogP contribution in [0.3, 0.4) is 0 Å². The normalized spacial score (nSPS) is 15.9. The molecular weight excluding hydrogens is 398 g/mol. The number of benzene rings is 2. The van der Waals surface area contributed by atoms with E-state index < -0.39 is 16.6 Å². The highest BCUT2D eigenvalue weighted by Gasteiger charge is 2.39. The first-order chi connectivity index (χ1) is 13.9. The van der Waals surface area contributed by atoms with E-state index in [1.165, 1.54) is 6.07 Å². The predicted octanol–water partition coefficient (Wildman–Crippen LogP) is 5.05. The van der Waals surface area contributed by atoms with Crippen LogP contribution in [-0.2, 0) is 4.43 Å². The van der Waals surface area contributed by atoms with E-state index in [1.807, 2.05) is 32.9 Å². The fraction of sp³-hybridized carbons (Fsp3) is 0.478. The van der Waals surface area contributed by atoms with E-state index in [0.29, 0.717) is 17.7 Å². The first-order valence-electron chi connectivity index (χ1n) is 9.92. The summed E-state index contributed by atoms with van der Waals surface area (Å²) in [4.78, 5) is 11.0. The Bertz CT molecular complexity index is 878. The van der Waals surface area contributed by atoms with Gasteiger partial charge in [0, 0.05) is 12.5 Å². The van der Waals surface area contributed by atoms with Crippen LogP contribution in [0, 0.1) is 22.5 Å². The highest BCUT2D eigenvalue weighted by molar-refractivity contribution is 5.98. The summed E-state index contributed by atoms with van der Waals surface area (Å²) in [5, 5.41) is 22.3. The van der Waals surface area contributed by atoms with Gasteiger partial charge in [0.2, 0.25) is 10.5 Å². The van der Waals surface area contributed by atoms with Gasteiger partial charge in [0.15, 0.2) is 0 Å². The van der Waals surface area contributed by atoms with Crippen LogP contribution in [0.5, 0.6) is 5.75 Å². The molecule has 2 aromatic rings. The number of nitro benzene ring substituents is 1. The van der Waals surface area contributed by atoms with E-state index in [0.717, 1.165) is 5.56 Å². The van der Waals surface area contributed by atoms with Gasteiger partial charge in [-0.15, -0.1) is 0 Å². The van der Waals surface area contributed by atoms with E-state index in [4.69, 9.17) is 9.16 Å². The van der Waals surface area contributed by atoms with Crippen LogP contribution in [-0.4, -0.2) is 32.2 Å². The SMILES string of the molecule is Cc1ccc(C(O)c2cc(OC(C)CC(C)(O[Si])C(C)(C)C)ccc2[N+](=O)[O-])cc1. The molecule has 0 aliphatic rings. The van der Waals surface area contributed by atoms with Gasteiger partial charge in [0.25, 0.3) is 5.69 Å². The van der Waals surface area contributed by atoms with Crippen LogP contribution in [0.1, 0.15) is 63.8 Å². The Morgan fingerprint density at radius 3 is 2.23 bits per heavy atom. The van der Waals surface area contributed by atoms with Crippen molar-refractivity contribution in [2.75, 3.05) is 0 Å². The number of aliphatic hydroxyl groups excluding tert-OH is 1. The van der Waals surface area contributed by atoms with Gasteiger partial charge in [0.1, 0.15) is 11.9 Å². The number of hydrogen-bond acceptors (Lipinski definition) is 5. The van der Waals surface area contributed by atoms with Crippen LogP contribution >= 0.6 is 0 Å². The second-order valence-electron chi connectivity index (χ2n) is 9.01. The molecule has 2 rings (SSSR count). The molecule has 6 nitrogen and oxygen atoms in total. The highest BCUT2D eigenvalue weighted by Crippen LogP contribution is 2.38. The van der Waals surface area contributed by atoms with Crippen molar-refractivity contribution in [1.29, 1.82) is 0 Å². The van der Waals surface area contributed by atoms with Crippen LogP contribution in [0.2, 0.25) is 0 Å². The molecule has 0 spiro atoms. The van der Waals surface area contributed by atoms with Crippen LogP contribution in [0.25, 0.3) is 0 Å². The molecule has 3 radical (unpaired) electrons. The van der Waals surface area contributed by atoms with Gasteiger partial charge in [0.05, 0.1) is 22.2 Å². The van der Waals surface area contributed by atoms with Gasteiger partial charge in [-0.05, 0) is 43.9 Å². The molecule has 0 aliphatic carbocycles. The summed E-state index contributed by atoms with van der Waals surface area (Å²) in [6.45, 7) is 12.1. The van der Waals surface area contributed by atoms with Crippen molar-refractivity contribution in [3.05, 3.63) is 69.3 Å². The van der Waals surface area contributed by atoms with Gasteiger partial charge in [-0.25, -0.2) is 0 Å². The van der Waals surface area contributed by atoms with Gasteiger partial charge < -0.3 is 14.3 Å². The molecule has 7 heteroatoms. The minimum absolute atomic E-state index is 0.144. The summed E-state index contributed by atoms with van der Waals surface area (Å²) in [6, 6.07) is 11.7. The second-order valence-corrected chi connectivity index (χ2v) is 9.21. The second kappa shape index (κ2) is 9.28. The van der Waals surface area contributed by atoms with Crippen molar-refractivity contribution in [3.8, 4) is 5.75 Å². The molecular formula is C23H30NO5Si. The monoisotopic (exact) mass is 428 g/mol. The minimum atomic E-state index is -1.13. The quantitative estimate of drug-likeness (QED) is 0.362. The van der Waals surface area contributed by atoms with Crippen molar-refractivity contribution in [2.45, 2.75) is 65.8 Å². The first kappa shape index (κ1) is 24.1. The fourth-order valence-electron chi connectivity index (χ4n) is 3.24. The van der Waals surface area contributed by atoms with Crippen LogP contribution in [0.15, 0.2) is 42.5 Å². The molecule has 0 saturated carbocycles. The molecule has 2 aromatic carbocycles. The lowest BCUT2D eigenvalue weighted by Crippen LogP contribution is -2.45. The summed E-state index contributed by atoms with van der Waals surface area (Å²) in [6.07, 6.45) is -0.765. The number of nitro groups is 1. The number of nitrogens with zero attached hydrogens (tertiary/aromatic N) is 1. The maximum absolute atomic E-state index is 11.5. The zero-order chi connectivity index (χ0) is 22.7. The summed E-state index contributed by atoms with van der Waals surface area (Å²) in [7, 11) is 3.20. The first-order valence-corrected chi connectivity index (χ1v) is 10.3. The summed E-state index contributed by atoms with van der Waals surface area (Å²) >= 11 is 0. The Hall–Kier alpha value is -2.22. The summed E-state index contributed by atoms with van der Waals surface area (Å²) in [5.74, 6) is 0.458. The molecule has 0 fully saturated rings. The molecule has 1 N–H and O–H groups in total. The maximum Gasteiger partial charge on any atom is 0.275 e. The summed E-state index contributed by atoms with van der Waals surface area (Å²) in [5.41, 5.74) is 1.04. The fourth-order valence-corrected chi connectivity index (χ4v) is 3.63. The lowest BCUT2D eigenvalue weighted by molar-refractivity contribution is -0.386. The topological polar surface area (TPSA) is 81.8 Å². The zero-order valence-electron chi connectivity index (χ0n) is 18.4. The Labute approximate surface area is 181 Å². The third-order valence-electron chi connectivity index (χ3n) is 5.71. The Morgan fingerprint density at radius 1 is 1.13 bits per heavy atom. The molecule has 0 heterocycles. The Balaban J connectivity index is 2.31. The average Bonchev–Trinajstić information content (AvgIpc) is 2.66. The van der Waals surface area contributed by atoms with E-state index in [2.05, 4.69) is 31.3 Å². The number of hydrogen-bond donors (Lipinski definition) is 1. The Kier molecular flexibility index (Phi) is 7.44. The number of rotatable bonds is 8. The smallest absolute Gasteiger partial charge is 0.275 e. The zero-order valence-corrected chi connectivity index (χ0v) is 19.4. The molecule has 3 unspecified atom stereocenters. The maximum atomic E-state index is 11.5. The molecule has 161 valence electrons. The molecule has 0 bridgehead atoms. The van der Waals surface area contributed by atoms with Gasteiger partial charge in [-0.2, -0.15) is 0 Å². The van der Waals surface area contributed by atoms with Gasteiger partial charge in [-0.3, -0.25) is 10.1 Å². The van der Waals surface area contributed by atoms with E-state index in [1.54, 1.807) is 24.3 Å². The van der Waals surface area contributed by atoms with Crippen LogP contribution in [0.4, 0.5) is 5.69 Å². The lowest BCUT2D eigenvalue weighted by Gasteiger charge is -2.42. The Morgan fingerprint density at radius 2 is 1.73 bits per heavy atom. The highest BCUT2D eigenvalue weighted by atomic mass is 28.2. The molecule has 0 aliphatic heterocycles. The van der Waals surface area contributed by atoms with E-state index in [-0.39, 0.29) is 22.8 Å². The largest absolute Gasteiger partial charge is 0.491 e. The number of aryl methyl sites for hydroxylation is 1. The standard InChI is InChI=1S/C23H30NO5Si/c1-15-7-9-17(10-8-15)21(25)19-13-18(11-12-20(19)24(26)27)28-16(2)14-23(6,29-30)22(3,4)5/h7-13,16,21,25H,14H2,1-6H3. The third kappa shape index (κ3) is 5.47. The van der Waals surface area contributed by atoms with Crippen molar-refractivity contribution in [2.24, 2.45) is 5.41 Å². The molecule has 0 aromatic heterocycles. The molecule has 30 heavy (non-hydrogen) atoms. The number of ether oxygens (including phenoxy) is 1. The lowest BCUT2D eigenvalue weighted by atomic mass is 9.75. The van der Waals surface area contributed by atoms with Crippen molar-refractivity contribution < 1.29 is 19.2 Å². The van der Waals surface area contributed by atoms with Crippen molar-refractivity contribution >= 4 is 16.2 Å². The van der Waals surface area contributed by atoms with Crippen LogP contribution < -0.4 is 4.74 Å². The van der Waals surface area contributed by atoms with Crippen molar-refractivity contribution in [3.63, 3.8) is 0 Å². The molecule has 3 atom stereocenters. The average molecular weight is 429 g/mol. The third-order valence-corrected chi connectivity index (χ3v) is 6.16. The number of aliphatic hydroxyl groups is 1. The molecule has 0 amide bonds. The summed E-state index contributed by atoms with van der Waals surface area (Å²) < 4.78 is 11.6. The van der Waals surface area contributed by atoms with Gasteiger partial charge in [-0.1, -0.05) is 50.6 Å². The predicted molar refractivity (Wildman–Crippen MR) is 118 cm³/mol. The van der Waals surface area contributed by atoms with E-state index in [9.17, 15) is 15.2 Å². The van der Waals surface area contributed by atoms with E-state index >= 15 is 0 Å². The van der Waals surface area contributed by atoms with Crippen molar-refractivity contribution in [1.82, 2.24) is 0 Å². The van der Waals surface area contributed by atoms with Gasteiger partial charge >= 0.3 is 0 Å². The minimum Gasteiger partial charge on any atom is -0.491 e. The molecule has 0 saturated heterocycles.